The van der Waals surface area contributed by atoms with Crippen LogP contribution in [0.15, 0.2) is 47.6 Å². The van der Waals surface area contributed by atoms with E-state index in [2.05, 4.69) is 32.7 Å². The fourth-order valence-corrected chi connectivity index (χ4v) is 3.17. The first-order valence-electron chi connectivity index (χ1n) is 6.99. The van der Waals surface area contributed by atoms with Gasteiger partial charge in [0.15, 0.2) is 0 Å². The van der Waals surface area contributed by atoms with E-state index < -0.39 is 0 Å². The van der Waals surface area contributed by atoms with Gasteiger partial charge >= 0.3 is 0 Å². The minimum Gasteiger partial charge on any atom is -0.507 e. The van der Waals surface area contributed by atoms with Gasteiger partial charge in [-0.2, -0.15) is 5.10 Å². The molecule has 0 amide bonds. The van der Waals surface area contributed by atoms with Crippen LogP contribution in [0.5, 0.6) is 5.75 Å². The van der Waals surface area contributed by atoms with Gasteiger partial charge in [-0.1, -0.05) is 30.3 Å². The van der Waals surface area contributed by atoms with Crippen molar-refractivity contribution in [2.45, 2.75) is 0 Å². The number of carbonyl (C=O) groups is 1. The van der Waals surface area contributed by atoms with Gasteiger partial charge in [0.1, 0.15) is 18.0 Å². The number of Topliss-reactive ketones (excluding diaryl/α,β-unsaturated/α-hetero) is 1. The maximum absolute atomic E-state index is 12.2. The molecule has 1 heterocycles. The summed E-state index contributed by atoms with van der Waals surface area (Å²) in [5.74, 6) is -0.00158. The second kappa shape index (κ2) is 6.49. The number of fused-ring (bicyclic) bond motifs is 1. The molecule has 1 N–H and O–H groups in total. The summed E-state index contributed by atoms with van der Waals surface area (Å²) in [6.45, 7) is -0.00429. The number of phenolic OH excluding ortho intramolecular Hbond substituents is 1. The lowest BCUT2D eigenvalue weighted by Gasteiger charge is -2.04. The Balaban J connectivity index is 1.85. The average Bonchev–Trinajstić information content (AvgIpc) is 2.88. The topological polar surface area (TPSA) is 67.5 Å². The Morgan fingerprint density at radius 3 is 2.87 bits per heavy atom. The highest BCUT2D eigenvalue weighted by Crippen LogP contribution is 2.25. The maximum Gasteiger partial charge on any atom is 0.205 e. The Morgan fingerprint density at radius 1 is 1.35 bits per heavy atom. The van der Waals surface area contributed by atoms with E-state index in [1.54, 1.807) is 30.2 Å². The van der Waals surface area contributed by atoms with E-state index in [1.807, 2.05) is 30.3 Å². The van der Waals surface area contributed by atoms with Gasteiger partial charge in [0.25, 0.3) is 0 Å². The molecule has 116 valence electrons. The van der Waals surface area contributed by atoms with Crippen molar-refractivity contribution >= 4 is 45.4 Å². The number of benzene rings is 2. The van der Waals surface area contributed by atoms with Crippen LogP contribution < -0.4 is 0 Å². The van der Waals surface area contributed by atoms with Crippen LogP contribution in [0, 0.1) is 3.57 Å². The van der Waals surface area contributed by atoms with Crippen LogP contribution in [-0.2, 0) is 7.05 Å². The van der Waals surface area contributed by atoms with Gasteiger partial charge in [-0.25, -0.2) is 0 Å². The predicted molar refractivity (Wildman–Crippen MR) is 98.3 cm³/mol. The third kappa shape index (κ3) is 3.26. The van der Waals surface area contributed by atoms with Gasteiger partial charge in [0, 0.05) is 25.0 Å². The van der Waals surface area contributed by atoms with Gasteiger partial charge in [0.05, 0.1) is 3.57 Å². The van der Waals surface area contributed by atoms with Gasteiger partial charge in [-0.05, 0) is 39.4 Å². The summed E-state index contributed by atoms with van der Waals surface area (Å²) in [6.07, 6.45) is 3.33. The molecule has 0 unspecified atom stereocenters. The van der Waals surface area contributed by atoms with Crippen molar-refractivity contribution in [2.75, 3.05) is 6.54 Å². The normalized spacial score (nSPS) is 11.4. The summed E-state index contributed by atoms with van der Waals surface area (Å²) >= 11 is 2.08. The fourth-order valence-electron chi connectivity index (χ4n) is 2.36. The van der Waals surface area contributed by atoms with E-state index >= 15 is 0 Å². The molecule has 1 aromatic heterocycles. The first-order chi connectivity index (χ1) is 11.1. The number of aromatic hydroxyl groups is 1. The summed E-state index contributed by atoms with van der Waals surface area (Å²) in [5, 5.41) is 16.1. The van der Waals surface area contributed by atoms with Crippen molar-refractivity contribution in [1.82, 2.24) is 9.78 Å². The van der Waals surface area contributed by atoms with E-state index in [4.69, 9.17) is 0 Å². The molecular weight excluding hydrogens is 405 g/mol. The zero-order valence-electron chi connectivity index (χ0n) is 12.4. The van der Waals surface area contributed by atoms with Crippen molar-refractivity contribution in [3.05, 3.63) is 57.4 Å². The monoisotopic (exact) mass is 419 g/mol. The van der Waals surface area contributed by atoms with Crippen molar-refractivity contribution in [3.63, 3.8) is 0 Å². The van der Waals surface area contributed by atoms with Crippen LogP contribution in [-0.4, -0.2) is 33.4 Å². The standard InChI is InChI=1S/C17H14IN3O2/c1-21-10-14(18)17(20-21)16(23)9-19-8-13-12-5-3-2-4-11(12)6-7-15(13)22/h2-8,10,22H,9H2,1H3. The largest absolute Gasteiger partial charge is 0.507 e. The average molecular weight is 419 g/mol. The van der Waals surface area contributed by atoms with Gasteiger partial charge in [-0.15, -0.1) is 0 Å². The van der Waals surface area contributed by atoms with Crippen LogP contribution in [0.2, 0.25) is 0 Å². The smallest absolute Gasteiger partial charge is 0.205 e. The maximum atomic E-state index is 12.2. The second-order valence-corrected chi connectivity index (χ2v) is 6.27. The molecule has 5 nitrogen and oxygen atoms in total. The Kier molecular flexibility index (Phi) is 4.42. The Morgan fingerprint density at radius 2 is 2.13 bits per heavy atom. The molecule has 0 spiro atoms. The second-order valence-electron chi connectivity index (χ2n) is 5.11. The summed E-state index contributed by atoms with van der Waals surface area (Å²) in [4.78, 5) is 16.4. The third-order valence-corrected chi connectivity index (χ3v) is 4.24. The van der Waals surface area contributed by atoms with E-state index in [0.717, 1.165) is 14.3 Å². The molecule has 0 saturated carbocycles. The zero-order valence-corrected chi connectivity index (χ0v) is 14.6. The predicted octanol–water partition coefficient (Wildman–Crippen LogP) is 3.19. The molecule has 0 saturated heterocycles. The summed E-state index contributed by atoms with van der Waals surface area (Å²) in [7, 11) is 1.77. The van der Waals surface area contributed by atoms with Gasteiger partial charge in [0.2, 0.25) is 5.78 Å². The minimum absolute atomic E-state index is 0.00429. The highest BCUT2D eigenvalue weighted by molar-refractivity contribution is 14.1. The number of aryl methyl sites for hydroxylation is 1. The summed E-state index contributed by atoms with van der Waals surface area (Å²) in [5.41, 5.74) is 1.04. The highest BCUT2D eigenvalue weighted by Gasteiger charge is 2.13. The van der Waals surface area contributed by atoms with Crippen molar-refractivity contribution in [3.8, 4) is 5.75 Å². The highest BCUT2D eigenvalue weighted by atomic mass is 127. The Bertz CT molecular complexity index is 915. The quantitative estimate of drug-likeness (QED) is 0.401. The molecule has 0 atom stereocenters. The van der Waals surface area contributed by atoms with Crippen molar-refractivity contribution in [2.24, 2.45) is 12.0 Å². The van der Waals surface area contributed by atoms with E-state index in [9.17, 15) is 9.90 Å². The number of rotatable bonds is 4. The number of hydrogen-bond donors (Lipinski definition) is 1. The number of hydrogen-bond acceptors (Lipinski definition) is 4. The molecule has 23 heavy (non-hydrogen) atoms. The molecule has 2 aromatic carbocycles. The minimum atomic E-state index is -0.147. The molecule has 0 bridgehead atoms. The number of ketones is 1. The summed E-state index contributed by atoms with van der Waals surface area (Å²) in [6, 6.07) is 11.2. The SMILES string of the molecule is Cn1cc(I)c(C(=O)CN=Cc2c(O)ccc3ccccc23)n1. The number of aromatic nitrogens is 2. The van der Waals surface area contributed by atoms with Crippen LogP contribution in [0.25, 0.3) is 10.8 Å². The number of nitrogens with zero attached hydrogens (tertiary/aromatic N) is 3. The van der Waals surface area contributed by atoms with Crippen LogP contribution in [0.4, 0.5) is 0 Å². The van der Waals surface area contributed by atoms with E-state index in [-0.39, 0.29) is 18.1 Å². The molecule has 0 aliphatic carbocycles. The molecule has 3 aromatic rings. The van der Waals surface area contributed by atoms with Crippen LogP contribution in [0.3, 0.4) is 0 Å². The lowest BCUT2D eigenvalue weighted by molar-refractivity contribution is 0.0996. The molecule has 0 radical (unpaired) electrons. The molecule has 0 aliphatic heterocycles. The number of halogens is 1. The first-order valence-corrected chi connectivity index (χ1v) is 8.07. The molecule has 0 aliphatic rings. The number of phenols is 1. The molecule has 0 fully saturated rings. The first kappa shape index (κ1) is 15.7. The Hall–Kier alpha value is -2.22. The van der Waals surface area contributed by atoms with Gasteiger partial charge < -0.3 is 5.11 Å². The summed E-state index contributed by atoms with van der Waals surface area (Å²) < 4.78 is 2.41. The zero-order chi connectivity index (χ0) is 16.4. The number of carbonyl (C=O) groups excluding carboxylic acids is 1. The lowest BCUT2D eigenvalue weighted by Crippen LogP contribution is -2.07. The van der Waals surface area contributed by atoms with E-state index in [1.165, 1.54) is 0 Å². The number of aliphatic imine (C=N–C) groups is 1. The third-order valence-electron chi connectivity index (χ3n) is 3.45. The van der Waals surface area contributed by atoms with Crippen LogP contribution >= 0.6 is 22.6 Å². The van der Waals surface area contributed by atoms with Crippen LogP contribution in [0.1, 0.15) is 16.1 Å². The fraction of sp³-hybridized carbons (Fsp3) is 0.118. The lowest BCUT2D eigenvalue weighted by atomic mass is 10.0. The molecule has 3 rings (SSSR count). The van der Waals surface area contributed by atoms with Gasteiger partial charge in [-0.3, -0.25) is 14.5 Å². The molecule has 6 heteroatoms. The molecular formula is C17H14IN3O2. The van der Waals surface area contributed by atoms with Crippen molar-refractivity contribution in [1.29, 1.82) is 0 Å². The van der Waals surface area contributed by atoms with Crippen molar-refractivity contribution < 1.29 is 9.90 Å². The van der Waals surface area contributed by atoms with E-state index in [0.29, 0.717) is 11.3 Å². The Labute approximate surface area is 146 Å².